The molecule has 0 aliphatic heterocycles. The number of carbonyl (C=O) groups is 2. The minimum absolute atomic E-state index is 0.0134. The first-order valence-electron chi connectivity index (χ1n) is 9.99. The quantitative estimate of drug-likeness (QED) is 0.290. The predicted molar refractivity (Wildman–Crippen MR) is 121 cm³/mol. The van der Waals surface area contributed by atoms with Gasteiger partial charge < -0.3 is 25.0 Å². The largest absolute Gasteiger partial charge is 0.475 e. The number of hydrogen-bond acceptors (Lipinski definition) is 6. The van der Waals surface area contributed by atoms with Crippen LogP contribution >= 0.6 is 0 Å². The van der Waals surface area contributed by atoms with E-state index >= 15 is 0 Å². The second-order valence-electron chi connectivity index (χ2n) is 7.38. The third kappa shape index (κ3) is 8.00. The summed E-state index contributed by atoms with van der Waals surface area (Å²) in [5.41, 5.74) is 2.29. The van der Waals surface area contributed by atoms with E-state index in [0.717, 1.165) is 11.1 Å². The Hall–Kier alpha value is -3.45. The molecular formula is C23H26BN3O5. The fraction of sp³-hybridized carbons (Fsp3) is 0.261. The summed E-state index contributed by atoms with van der Waals surface area (Å²) in [6.07, 6.45) is 1.76. The summed E-state index contributed by atoms with van der Waals surface area (Å²) in [7, 11) is 1.44. The normalized spacial score (nSPS) is 11.9. The van der Waals surface area contributed by atoms with E-state index in [4.69, 9.17) is 4.74 Å². The van der Waals surface area contributed by atoms with Crippen molar-refractivity contribution in [2.75, 3.05) is 20.7 Å². The van der Waals surface area contributed by atoms with Crippen LogP contribution in [0, 0.1) is 11.3 Å². The molecule has 0 fully saturated rings. The van der Waals surface area contributed by atoms with Crippen molar-refractivity contribution in [1.29, 1.82) is 5.26 Å². The number of hydrogen-bond donors (Lipinski definition) is 3. The van der Waals surface area contributed by atoms with Crippen molar-refractivity contribution < 1.29 is 24.4 Å². The molecule has 2 rings (SSSR count). The van der Waals surface area contributed by atoms with Crippen LogP contribution in [0.4, 0.5) is 0 Å². The van der Waals surface area contributed by atoms with Gasteiger partial charge in [0.15, 0.2) is 0 Å². The Morgan fingerprint density at radius 3 is 2.47 bits per heavy atom. The minimum Gasteiger partial charge on any atom is -0.426 e. The molecule has 2 aromatic rings. The fourth-order valence-corrected chi connectivity index (χ4v) is 2.93. The standard InChI is InChI=1S/C23H26BN3O5/c1-27(2)23(29)20(14-25)12-18-9-6-10-19(11-18)15-32-16-22(28)26-21(24(30)31)13-17-7-4-3-5-8-17/h3-12,21,30-31H,13,15-16H2,1-2H3,(H,26,28)/t21-/m0/s1. The molecule has 8 nitrogen and oxygen atoms in total. The number of nitrogens with zero attached hydrogens (tertiary/aromatic N) is 2. The molecule has 0 heterocycles. The lowest BCUT2D eigenvalue weighted by molar-refractivity contribution is -0.126. The van der Waals surface area contributed by atoms with Gasteiger partial charge >= 0.3 is 7.12 Å². The van der Waals surface area contributed by atoms with Crippen LogP contribution in [0.5, 0.6) is 0 Å². The molecule has 166 valence electrons. The SMILES string of the molecule is CN(C)C(=O)C(C#N)=Cc1cccc(COCC(=O)N[C@@H](Cc2ccccc2)B(O)O)c1. The van der Waals surface area contributed by atoms with Crippen LogP contribution in [-0.4, -0.2) is 60.5 Å². The maximum absolute atomic E-state index is 12.2. The topological polar surface area (TPSA) is 123 Å². The molecule has 0 bridgehead atoms. The molecule has 0 saturated heterocycles. The van der Waals surface area contributed by atoms with E-state index in [1.165, 1.54) is 11.0 Å². The highest BCUT2D eigenvalue weighted by molar-refractivity contribution is 6.43. The molecule has 0 radical (unpaired) electrons. The summed E-state index contributed by atoms with van der Waals surface area (Å²) in [6.45, 7) is -0.135. The van der Waals surface area contributed by atoms with Crippen LogP contribution in [-0.2, 0) is 27.4 Å². The van der Waals surface area contributed by atoms with Crippen molar-refractivity contribution in [2.24, 2.45) is 0 Å². The highest BCUT2D eigenvalue weighted by atomic mass is 16.5. The first kappa shape index (κ1) is 24.8. The lowest BCUT2D eigenvalue weighted by Gasteiger charge is -2.18. The van der Waals surface area contributed by atoms with Gasteiger partial charge in [-0.3, -0.25) is 9.59 Å². The summed E-state index contributed by atoms with van der Waals surface area (Å²) in [5.74, 6) is -1.72. The Morgan fingerprint density at radius 1 is 1.16 bits per heavy atom. The molecule has 2 aromatic carbocycles. The smallest absolute Gasteiger partial charge is 0.426 e. The summed E-state index contributed by atoms with van der Waals surface area (Å²) < 4.78 is 5.45. The van der Waals surface area contributed by atoms with Crippen molar-refractivity contribution in [2.45, 2.75) is 19.0 Å². The number of likely N-dealkylation sites (N-methyl/N-ethyl adjacent to an activating group) is 1. The fourth-order valence-electron chi connectivity index (χ4n) is 2.93. The maximum Gasteiger partial charge on any atom is 0.475 e. The molecule has 0 aromatic heterocycles. The van der Waals surface area contributed by atoms with Crippen molar-refractivity contribution in [3.63, 3.8) is 0 Å². The number of nitrogens with one attached hydrogen (secondary N) is 1. The zero-order valence-corrected chi connectivity index (χ0v) is 18.1. The van der Waals surface area contributed by atoms with Crippen LogP contribution < -0.4 is 5.32 Å². The molecule has 9 heteroatoms. The number of benzene rings is 2. The second-order valence-corrected chi connectivity index (χ2v) is 7.38. The average Bonchev–Trinajstić information content (AvgIpc) is 2.77. The third-order valence-corrected chi connectivity index (χ3v) is 4.53. The predicted octanol–water partition coefficient (Wildman–Crippen LogP) is 0.938. The van der Waals surface area contributed by atoms with E-state index < -0.39 is 19.0 Å². The Labute approximate surface area is 187 Å². The van der Waals surface area contributed by atoms with Gasteiger partial charge in [0, 0.05) is 14.1 Å². The minimum atomic E-state index is -1.71. The van der Waals surface area contributed by atoms with E-state index in [0.29, 0.717) is 5.56 Å². The number of nitriles is 1. The molecule has 3 N–H and O–H groups in total. The van der Waals surface area contributed by atoms with Crippen molar-refractivity contribution in [3.8, 4) is 6.07 Å². The first-order chi connectivity index (χ1) is 15.3. The molecule has 0 saturated carbocycles. The molecule has 0 aliphatic carbocycles. The molecule has 0 aliphatic rings. The lowest BCUT2D eigenvalue weighted by atomic mass is 9.76. The zero-order chi connectivity index (χ0) is 23.5. The monoisotopic (exact) mass is 435 g/mol. The van der Waals surface area contributed by atoms with Gasteiger partial charge in [-0.05, 0) is 35.3 Å². The Balaban J connectivity index is 1.91. The van der Waals surface area contributed by atoms with Crippen molar-refractivity contribution >= 4 is 25.0 Å². The first-order valence-corrected chi connectivity index (χ1v) is 9.99. The van der Waals surface area contributed by atoms with Gasteiger partial charge in [0.1, 0.15) is 18.2 Å². The van der Waals surface area contributed by atoms with Crippen LogP contribution in [0.1, 0.15) is 16.7 Å². The van der Waals surface area contributed by atoms with E-state index in [2.05, 4.69) is 5.32 Å². The second kappa shape index (κ2) is 12.4. The Morgan fingerprint density at radius 2 is 1.84 bits per heavy atom. The highest BCUT2D eigenvalue weighted by Crippen LogP contribution is 2.12. The van der Waals surface area contributed by atoms with E-state index in [9.17, 15) is 24.9 Å². The lowest BCUT2D eigenvalue weighted by Crippen LogP contribution is -2.48. The summed E-state index contributed by atoms with van der Waals surface area (Å²) >= 11 is 0. The van der Waals surface area contributed by atoms with Gasteiger partial charge in [-0.1, -0.05) is 48.5 Å². The molecule has 2 amide bonds. The van der Waals surface area contributed by atoms with Gasteiger partial charge in [0.05, 0.1) is 12.5 Å². The van der Waals surface area contributed by atoms with E-state index in [1.54, 1.807) is 38.4 Å². The van der Waals surface area contributed by atoms with Crippen LogP contribution in [0.25, 0.3) is 6.08 Å². The summed E-state index contributed by atoms with van der Waals surface area (Å²) in [5, 5.41) is 30.9. The molecule has 1 atom stereocenters. The molecule has 0 unspecified atom stereocenters. The zero-order valence-electron chi connectivity index (χ0n) is 18.1. The number of carbonyl (C=O) groups excluding carboxylic acids is 2. The van der Waals surface area contributed by atoms with Gasteiger partial charge in [-0.15, -0.1) is 0 Å². The molecule has 32 heavy (non-hydrogen) atoms. The Bertz CT molecular complexity index is 987. The number of amides is 2. The van der Waals surface area contributed by atoms with Gasteiger partial charge in [-0.2, -0.15) is 5.26 Å². The van der Waals surface area contributed by atoms with Gasteiger partial charge in [0.2, 0.25) is 5.91 Å². The van der Waals surface area contributed by atoms with Crippen LogP contribution in [0.2, 0.25) is 0 Å². The van der Waals surface area contributed by atoms with Crippen LogP contribution in [0.3, 0.4) is 0 Å². The van der Waals surface area contributed by atoms with Gasteiger partial charge in [0.25, 0.3) is 5.91 Å². The summed E-state index contributed by atoms with van der Waals surface area (Å²) in [6, 6.07) is 18.2. The van der Waals surface area contributed by atoms with E-state index in [1.807, 2.05) is 36.4 Å². The number of ether oxygens (including phenoxy) is 1. The maximum atomic E-state index is 12.2. The average molecular weight is 435 g/mol. The van der Waals surface area contributed by atoms with Crippen molar-refractivity contribution in [1.82, 2.24) is 10.2 Å². The third-order valence-electron chi connectivity index (χ3n) is 4.53. The van der Waals surface area contributed by atoms with Crippen molar-refractivity contribution in [3.05, 3.63) is 76.9 Å². The summed E-state index contributed by atoms with van der Waals surface area (Å²) in [4.78, 5) is 25.5. The Kier molecular flexibility index (Phi) is 9.63. The van der Waals surface area contributed by atoms with Crippen LogP contribution in [0.15, 0.2) is 60.2 Å². The highest BCUT2D eigenvalue weighted by Gasteiger charge is 2.25. The van der Waals surface area contributed by atoms with E-state index in [-0.39, 0.29) is 31.1 Å². The van der Waals surface area contributed by atoms with Gasteiger partial charge in [-0.25, -0.2) is 0 Å². The molecule has 0 spiro atoms. The molecular weight excluding hydrogens is 409 g/mol. The number of rotatable bonds is 10.